The largest absolute Gasteiger partial charge is 0.497 e. The minimum atomic E-state index is -0.192. The van der Waals surface area contributed by atoms with Crippen LogP contribution in [0.25, 0.3) is 33.3 Å². The molecule has 2 aromatic heterocycles. The van der Waals surface area contributed by atoms with Gasteiger partial charge in [0.1, 0.15) is 5.75 Å². The molecular formula is C22H25N5O. The number of hydrogen-bond acceptors (Lipinski definition) is 5. The first-order chi connectivity index (χ1) is 13.5. The molecule has 0 amide bonds. The van der Waals surface area contributed by atoms with E-state index in [2.05, 4.69) is 28.1 Å². The molecule has 0 aliphatic carbocycles. The average molecular weight is 375 g/mol. The Labute approximate surface area is 164 Å². The van der Waals surface area contributed by atoms with E-state index in [4.69, 9.17) is 20.4 Å². The standard InChI is InChI=1S/C22H25N5O/c1-27(2)11-10-17(23)21-16-13-15(28-3)8-9-19(16)25-22(26-21)20-12-14-6-4-5-7-18(14)24-20/h4-9,12-13,17,24H,10-11,23H2,1-3H3. The van der Waals surface area contributed by atoms with Gasteiger partial charge in [-0.05, 0) is 57.4 Å². The summed E-state index contributed by atoms with van der Waals surface area (Å²) in [6.07, 6.45) is 0.808. The van der Waals surface area contributed by atoms with Crippen molar-refractivity contribution in [2.24, 2.45) is 5.73 Å². The minimum Gasteiger partial charge on any atom is -0.497 e. The normalized spacial score (nSPS) is 12.8. The first kappa shape index (κ1) is 18.4. The van der Waals surface area contributed by atoms with E-state index in [0.717, 1.165) is 51.9 Å². The van der Waals surface area contributed by atoms with E-state index in [0.29, 0.717) is 5.82 Å². The second-order valence-corrected chi connectivity index (χ2v) is 7.28. The number of rotatable bonds is 6. The highest BCUT2D eigenvalue weighted by Gasteiger charge is 2.17. The van der Waals surface area contributed by atoms with Crippen LogP contribution in [0.2, 0.25) is 0 Å². The highest BCUT2D eigenvalue weighted by Crippen LogP contribution is 2.30. The zero-order valence-electron chi connectivity index (χ0n) is 16.4. The Morgan fingerprint density at radius 3 is 2.68 bits per heavy atom. The number of methoxy groups -OCH3 is 1. The maximum atomic E-state index is 6.56. The number of H-pyrrole nitrogens is 1. The number of ether oxygens (including phenoxy) is 1. The quantitative estimate of drug-likeness (QED) is 0.537. The SMILES string of the molecule is COc1ccc2nc(-c3cc4ccccc4[nH]3)nc(C(N)CCN(C)C)c2c1. The van der Waals surface area contributed by atoms with Crippen LogP contribution in [0, 0.1) is 0 Å². The number of para-hydroxylation sites is 1. The molecule has 0 bridgehead atoms. The van der Waals surface area contributed by atoms with Crippen molar-refractivity contribution in [3.8, 4) is 17.3 Å². The van der Waals surface area contributed by atoms with Gasteiger partial charge in [0.25, 0.3) is 0 Å². The molecule has 2 heterocycles. The molecule has 3 N–H and O–H groups in total. The molecule has 4 aromatic rings. The van der Waals surface area contributed by atoms with Gasteiger partial charge in [0.15, 0.2) is 5.82 Å². The molecule has 0 aliphatic rings. The summed E-state index contributed by atoms with van der Waals surface area (Å²) in [5, 5.41) is 2.07. The summed E-state index contributed by atoms with van der Waals surface area (Å²) < 4.78 is 5.40. The first-order valence-corrected chi connectivity index (χ1v) is 9.39. The number of hydrogen-bond donors (Lipinski definition) is 2. The van der Waals surface area contributed by atoms with E-state index >= 15 is 0 Å². The number of nitrogens with two attached hydrogens (primary N) is 1. The van der Waals surface area contributed by atoms with Crippen molar-refractivity contribution in [3.05, 3.63) is 54.2 Å². The molecule has 1 unspecified atom stereocenters. The molecule has 6 heteroatoms. The van der Waals surface area contributed by atoms with Gasteiger partial charge in [-0.2, -0.15) is 0 Å². The summed E-state index contributed by atoms with van der Waals surface area (Å²) in [5.74, 6) is 1.43. The third-order valence-corrected chi connectivity index (χ3v) is 4.94. The summed E-state index contributed by atoms with van der Waals surface area (Å²) in [6.45, 7) is 0.887. The topological polar surface area (TPSA) is 80.1 Å². The van der Waals surface area contributed by atoms with E-state index < -0.39 is 0 Å². The van der Waals surface area contributed by atoms with Crippen molar-refractivity contribution in [2.75, 3.05) is 27.7 Å². The lowest BCUT2D eigenvalue weighted by atomic mass is 10.0. The second-order valence-electron chi connectivity index (χ2n) is 7.28. The van der Waals surface area contributed by atoms with Crippen molar-refractivity contribution in [1.82, 2.24) is 19.9 Å². The fraction of sp³-hybridized carbons (Fsp3) is 0.273. The summed E-state index contributed by atoms with van der Waals surface area (Å²) in [4.78, 5) is 15.2. The van der Waals surface area contributed by atoms with Crippen LogP contribution >= 0.6 is 0 Å². The van der Waals surface area contributed by atoms with E-state index in [-0.39, 0.29) is 6.04 Å². The third kappa shape index (κ3) is 3.56. The van der Waals surface area contributed by atoms with E-state index in [1.165, 1.54) is 0 Å². The highest BCUT2D eigenvalue weighted by atomic mass is 16.5. The van der Waals surface area contributed by atoms with E-state index in [1.807, 2.05) is 44.4 Å². The number of nitrogens with zero attached hydrogens (tertiary/aromatic N) is 3. The van der Waals surface area contributed by atoms with Gasteiger partial charge >= 0.3 is 0 Å². The number of nitrogens with one attached hydrogen (secondary N) is 1. The summed E-state index contributed by atoms with van der Waals surface area (Å²) in [7, 11) is 5.75. The predicted octanol–water partition coefficient (Wildman–Crippen LogP) is 3.74. The lowest BCUT2D eigenvalue weighted by Gasteiger charge is -2.17. The molecular weight excluding hydrogens is 350 g/mol. The number of aromatic amines is 1. The van der Waals surface area contributed by atoms with Crippen LogP contribution in [0.5, 0.6) is 5.75 Å². The van der Waals surface area contributed by atoms with Crippen molar-refractivity contribution < 1.29 is 4.74 Å². The molecule has 28 heavy (non-hydrogen) atoms. The summed E-state index contributed by atoms with van der Waals surface area (Å²) in [5.41, 5.74) is 10.2. The molecule has 0 fully saturated rings. The van der Waals surface area contributed by atoms with Crippen molar-refractivity contribution in [1.29, 1.82) is 0 Å². The molecule has 4 rings (SSSR count). The smallest absolute Gasteiger partial charge is 0.176 e. The summed E-state index contributed by atoms with van der Waals surface area (Å²) in [6, 6.07) is 15.9. The molecule has 6 nitrogen and oxygen atoms in total. The monoisotopic (exact) mass is 375 g/mol. The van der Waals surface area contributed by atoms with Crippen molar-refractivity contribution >= 4 is 21.8 Å². The molecule has 0 aliphatic heterocycles. The molecule has 0 saturated carbocycles. The van der Waals surface area contributed by atoms with Gasteiger partial charge in [0, 0.05) is 22.3 Å². The maximum absolute atomic E-state index is 6.56. The lowest BCUT2D eigenvalue weighted by molar-refractivity contribution is 0.381. The Morgan fingerprint density at radius 1 is 1.11 bits per heavy atom. The Hall–Kier alpha value is -2.96. The second kappa shape index (κ2) is 7.58. The molecule has 1 atom stereocenters. The third-order valence-electron chi connectivity index (χ3n) is 4.94. The molecule has 2 aromatic carbocycles. The van der Waals surface area contributed by atoms with Crippen molar-refractivity contribution in [3.63, 3.8) is 0 Å². The fourth-order valence-electron chi connectivity index (χ4n) is 3.39. The molecule has 0 spiro atoms. The van der Waals surface area contributed by atoms with Gasteiger partial charge < -0.3 is 20.4 Å². The van der Waals surface area contributed by atoms with Crippen LogP contribution in [0.4, 0.5) is 0 Å². The fourth-order valence-corrected chi connectivity index (χ4v) is 3.39. The van der Waals surface area contributed by atoms with Gasteiger partial charge in [-0.3, -0.25) is 0 Å². The predicted molar refractivity (Wildman–Crippen MR) is 113 cm³/mol. The van der Waals surface area contributed by atoms with E-state index in [9.17, 15) is 0 Å². The zero-order chi connectivity index (χ0) is 19.7. The molecule has 0 radical (unpaired) electrons. The van der Waals surface area contributed by atoms with Gasteiger partial charge in [0.2, 0.25) is 0 Å². The number of benzene rings is 2. The van der Waals surface area contributed by atoms with Gasteiger partial charge in [-0.15, -0.1) is 0 Å². The Kier molecular flexibility index (Phi) is 4.98. The Bertz CT molecular complexity index is 1090. The van der Waals surface area contributed by atoms with Crippen LogP contribution in [0.1, 0.15) is 18.2 Å². The Balaban J connectivity index is 1.85. The van der Waals surface area contributed by atoms with Crippen LogP contribution in [-0.4, -0.2) is 47.6 Å². The van der Waals surface area contributed by atoms with Crippen LogP contribution in [0.15, 0.2) is 48.5 Å². The Morgan fingerprint density at radius 2 is 1.93 bits per heavy atom. The maximum Gasteiger partial charge on any atom is 0.176 e. The first-order valence-electron chi connectivity index (χ1n) is 9.39. The highest BCUT2D eigenvalue weighted by molar-refractivity contribution is 5.87. The van der Waals surface area contributed by atoms with Crippen molar-refractivity contribution in [2.45, 2.75) is 12.5 Å². The van der Waals surface area contributed by atoms with Gasteiger partial charge in [0.05, 0.1) is 24.0 Å². The zero-order valence-corrected chi connectivity index (χ0v) is 16.4. The number of fused-ring (bicyclic) bond motifs is 2. The van der Waals surface area contributed by atoms with E-state index in [1.54, 1.807) is 7.11 Å². The number of aromatic nitrogens is 3. The average Bonchev–Trinajstić information content (AvgIpc) is 3.15. The molecule has 144 valence electrons. The lowest BCUT2D eigenvalue weighted by Crippen LogP contribution is -2.21. The molecule has 0 saturated heterocycles. The summed E-state index contributed by atoms with van der Waals surface area (Å²) >= 11 is 0. The van der Waals surface area contributed by atoms with Crippen LogP contribution < -0.4 is 10.5 Å². The minimum absolute atomic E-state index is 0.192. The van der Waals surface area contributed by atoms with Gasteiger partial charge in [-0.1, -0.05) is 18.2 Å². The van der Waals surface area contributed by atoms with Crippen LogP contribution in [-0.2, 0) is 0 Å². The van der Waals surface area contributed by atoms with Crippen LogP contribution in [0.3, 0.4) is 0 Å². The van der Waals surface area contributed by atoms with Gasteiger partial charge in [-0.25, -0.2) is 9.97 Å².